The summed E-state index contributed by atoms with van der Waals surface area (Å²) in [6.45, 7) is 0.534. The Morgan fingerprint density at radius 3 is 2.73 bits per heavy atom. The monoisotopic (exact) mass is 153 g/mol. The van der Waals surface area contributed by atoms with Crippen molar-refractivity contribution in [2.24, 2.45) is 0 Å². The molecule has 1 saturated carbocycles. The molecular weight excluding hydrogens is 142 g/mol. The third-order valence-corrected chi connectivity index (χ3v) is 1.70. The first kappa shape index (κ1) is 8.09. The highest BCUT2D eigenvalue weighted by Gasteiger charge is 2.29. The predicted molar refractivity (Wildman–Crippen MR) is 41.1 cm³/mol. The Bertz CT molecular complexity index is 191. The number of nitrogens with zero attached hydrogens (tertiary/aromatic N) is 1. The van der Waals surface area contributed by atoms with Crippen LogP contribution in [0, 0.1) is 12.3 Å². The van der Waals surface area contributed by atoms with Crippen LogP contribution in [0.3, 0.4) is 0 Å². The maximum absolute atomic E-state index is 10.3. The molecule has 0 aromatic rings. The van der Waals surface area contributed by atoms with E-state index in [1.807, 2.05) is 4.90 Å². The third-order valence-electron chi connectivity index (χ3n) is 1.70. The lowest BCUT2D eigenvalue weighted by molar-refractivity contribution is -0.138. The second kappa shape index (κ2) is 3.40. The Morgan fingerprint density at radius 2 is 2.36 bits per heavy atom. The normalized spacial score (nSPS) is 16.4. The molecule has 60 valence electrons. The van der Waals surface area contributed by atoms with Crippen molar-refractivity contribution in [1.29, 1.82) is 0 Å². The number of aliphatic carboxylic acids is 1. The van der Waals surface area contributed by atoms with Gasteiger partial charge in [0.25, 0.3) is 0 Å². The van der Waals surface area contributed by atoms with Crippen molar-refractivity contribution in [3.05, 3.63) is 0 Å². The lowest BCUT2D eigenvalue weighted by Crippen LogP contribution is -2.32. The zero-order valence-corrected chi connectivity index (χ0v) is 6.29. The van der Waals surface area contributed by atoms with E-state index in [1.165, 1.54) is 0 Å². The molecule has 0 radical (unpaired) electrons. The molecule has 0 amide bonds. The molecule has 0 atom stereocenters. The van der Waals surface area contributed by atoms with Gasteiger partial charge in [0.1, 0.15) is 0 Å². The summed E-state index contributed by atoms with van der Waals surface area (Å²) in [5.74, 6) is 1.66. The van der Waals surface area contributed by atoms with Gasteiger partial charge in [-0.1, -0.05) is 5.92 Å². The summed E-state index contributed by atoms with van der Waals surface area (Å²) in [6, 6.07) is 0.433. The zero-order chi connectivity index (χ0) is 8.27. The average Bonchev–Trinajstić information content (AvgIpc) is 2.66. The van der Waals surface area contributed by atoms with Gasteiger partial charge in [-0.15, -0.1) is 6.42 Å². The van der Waals surface area contributed by atoms with Crippen LogP contribution < -0.4 is 0 Å². The maximum Gasteiger partial charge on any atom is 0.317 e. The van der Waals surface area contributed by atoms with Gasteiger partial charge in [0, 0.05) is 6.04 Å². The second-order valence-electron chi connectivity index (χ2n) is 2.73. The summed E-state index contributed by atoms with van der Waals surface area (Å²) in [5.41, 5.74) is 0. The van der Waals surface area contributed by atoms with E-state index >= 15 is 0 Å². The number of terminal acetylenes is 1. The molecule has 0 unspecified atom stereocenters. The average molecular weight is 153 g/mol. The van der Waals surface area contributed by atoms with E-state index in [0.29, 0.717) is 12.6 Å². The van der Waals surface area contributed by atoms with Crippen LogP contribution in [0.1, 0.15) is 12.8 Å². The minimum atomic E-state index is -0.799. The number of carbonyl (C=O) groups is 1. The van der Waals surface area contributed by atoms with Gasteiger partial charge in [-0.05, 0) is 12.8 Å². The number of hydrogen-bond acceptors (Lipinski definition) is 2. The predicted octanol–water partition coefficient (Wildman–Crippen LogP) is 0.169. The van der Waals surface area contributed by atoms with E-state index in [9.17, 15) is 4.79 Å². The Hall–Kier alpha value is -1.01. The minimum absolute atomic E-state index is 0.0782. The van der Waals surface area contributed by atoms with Crippen molar-refractivity contribution in [3.63, 3.8) is 0 Å². The van der Waals surface area contributed by atoms with Gasteiger partial charge in [-0.25, -0.2) is 0 Å². The van der Waals surface area contributed by atoms with E-state index in [0.717, 1.165) is 12.8 Å². The molecule has 1 N–H and O–H groups in total. The lowest BCUT2D eigenvalue weighted by Gasteiger charge is -2.15. The molecule has 1 aliphatic carbocycles. The summed E-state index contributed by atoms with van der Waals surface area (Å²) < 4.78 is 0. The Morgan fingerprint density at radius 1 is 1.73 bits per heavy atom. The number of carboxylic acids is 1. The Kier molecular flexibility index (Phi) is 2.50. The van der Waals surface area contributed by atoms with Crippen molar-refractivity contribution >= 4 is 5.97 Å². The van der Waals surface area contributed by atoms with Crippen LogP contribution in [0.2, 0.25) is 0 Å². The summed E-state index contributed by atoms with van der Waals surface area (Å²) in [4.78, 5) is 12.1. The van der Waals surface area contributed by atoms with Crippen molar-refractivity contribution in [2.75, 3.05) is 13.1 Å². The summed E-state index contributed by atoms with van der Waals surface area (Å²) in [5, 5.41) is 8.48. The van der Waals surface area contributed by atoms with Crippen molar-refractivity contribution in [2.45, 2.75) is 18.9 Å². The van der Waals surface area contributed by atoms with Gasteiger partial charge in [-0.2, -0.15) is 0 Å². The topological polar surface area (TPSA) is 40.5 Å². The van der Waals surface area contributed by atoms with Gasteiger partial charge in [-0.3, -0.25) is 9.69 Å². The number of carboxylic acid groups (broad SMARTS) is 1. The Labute approximate surface area is 66.0 Å². The van der Waals surface area contributed by atoms with Crippen molar-refractivity contribution in [1.82, 2.24) is 4.90 Å². The largest absolute Gasteiger partial charge is 0.480 e. The fourth-order valence-electron chi connectivity index (χ4n) is 1.04. The number of hydrogen-bond donors (Lipinski definition) is 1. The first-order valence-corrected chi connectivity index (χ1v) is 3.63. The molecule has 0 spiro atoms. The van der Waals surface area contributed by atoms with Crippen LogP contribution in [0.4, 0.5) is 0 Å². The van der Waals surface area contributed by atoms with Gasteiger partial charge in [0.2, 0.25) is 0 Å². The highest BCUT2D eigenvalue weighted by molar-refractivity contribution is 5.69. The van der Waals surface area contributed by atoms with Gasteiger partial charge in [0.05, 0.1) is 13.1 Å². The summed E-state index contributed by atoms with van der Waals surface area (Å²) in [7, 11) is 0. The molecule has 11 heavy (non-hydrogen) atoms. The quantitative estimate of drug-likeness (QED) is 0.585. The zero-order valence-electron chi connectivity index (χ0n) is 6.29. The van der Waals surface area contributed by atoms with Gasteiger partial charge >= 0.3 is 5.97 Å². The molecule has 3 heteroatoms. The summed E-state index contributed by atoms with van der Waals surface area (Å²) in [6.07, 6.45) is 7.27. The van der Waals surface area contributed by atoms with Crippen LogP contribution in [-0.4, -0.2) is 35.1 Å². The van der Waals surface area contributed by atoms with Crippen molar-refractivity contribution in [3.8, 4) is 12.3 Å². The van der Waals surface area contributed by atoms with E-state index in [4.69, 9.17) is 11.5 Å². The minimum Gasteiger partial charge on any atom is -0.480 e. The molecule has 0 aliphatic heterocycles. The highest BCUT2D eigenvalue weighted by Crippen LogP contribution is 2.25. The molecule has 1 fully saturated rings. The fourth-order valence-corrected chi connectivity index (χ4v) is 1.04. The second-order valence-corrected chi connectivity index (χ2v) is 2.73. The molecule has 3 nitrogen and oxygen atoms in total. The molecular formula is C8H11NO2. The molecule has 0 aromatic heterocycles. The van der Waals surface area contributed by atoms with Crippen LogP contribution in [0.5, 0.6) is 0 Å². The first-order chi connectivity index (χ1) is 5.24. The van der Waals surface area contributed by atoms with Crippen LogP contribution in [-0.2, 0) is 4.79 Å². The molecule has 0 aromatic carbocycles. The molecule has 1 aliphatic rings. The lowest BCUT2D eigenvalue weighted by atomic mass is 10.4. The van der Waals surface area contributed by atoms with Crippen LogP contribution >= 0.6 is 0 Å². The van der Waals surface area contributed by atoms with E-state index in [-0.39, 0.29) is 6.54 Å². The van der Waals surface area contributed by atoms with Crippen LogP contribution in [0.25, 0.3) is 0 Å². The Balaban J connectivity index is 2.33. The van der Waals surface area contributed by atoms with Gasteiger partial charge < -0.3 is 5.11 Å². The van der Waals surface area contributed by atoms with Crippen molar-refractivity contribution < 1.29 is 9.90 Å². The highest BCUT2D eigenvalue weighted by atomic mass is 16.4. The van der Waals surface area contributed by atoms with Crippen LogP contribution in [0.15, 0.2) is 0 Å². The molecule has 1 rings (SSSR count). The molecule has 0 heterocycles. The van der Waals surface area contributed by atoms with E-state index in [2.05, 4.69) is 5.92 Å². The molecule has 0 saturated heterocycles. The standard InChI is InChI=1S/C8H11NO2/c1-2-5-9(6-8(10)11)7-3-4-7/h1,7H,3-6H2,(H,10,11). The van der Waals surface area contributed by atoms with E-state index in [1.54, 1.807) is 0 Å². The fraction of sp³-hybridized carbons (Fsp3) is 0.625. The maximum atomic E-state index is 10.3. The summed E-state index contributed by atoms with van der Waals surface area (Å²) >= 11 is 0. The molecule has 0 bridgehead atoms. The van der Waals surface area contributed by atoms with E-state index < -0.39 is 5.97 Å². The third kappa shape index (κ3) is 2.60. The first-order valence-electron chi connectivity index (χ1n) is 3.63. The number of rotatable bonds is 4. The smallest absolute Gasteiger partial charge is 0.317 e. The SMILES string of the molecule is C#CCN(CC(=O)O)C1CC1. The van der Waals surface area contributed by atoms with Gasteiger partial charge in [0.15, 0.2) is 0 Å².